The lowest BCUT2D eigenvalue weighted by molar-refractivity contribution is 0.0609. The van der Waals surface area contributed by atoms with Crippen LogP contribution in [0.1, 0.15) is 10.4 Å². The first-order chi connectivity index (χ1) is 9.63. The van der Waals surface area contributed by atoms with Gasteiger partial charge in [-0.1, -0.05) is 13.2 Å². The molecule has 0 heterocycles. The second-order valence-electron chi connectivity index (χ2n) is 3.81. The maximum absolute atomic E-state index is 10.7. The van der Waals surface area contributed by atoms with Crippen molar-refractivity contribution in [2.24, 2.45) is 0 Å². The number of ether oxygens (including phenoxy) is 3. The van der Waals surface area contributed by atoms with Crippen LogP contribution in [0.25, 0.3) is 0 Å². The van der Waals surface area contributed by atoms with Crippen molar-refractivity contribution in [1.29, 1.82) is 0 Å². The van der Waals surface area contributed by atoms with Crippen LogP contribution in [0.3, 0.4) is 0 Å². The zero-order chi connectivity index (χ0) is 14.8. The summed E-state index contributed by atoms with van der Waals surface area (Å²) in [5.41, 5.74) is 0.230. The van der Waals surface area contributed by atoms with Crippen molar-refractivity contribution in [3.63, 3.8) is 0 Å². The number of allylic oxidation sites excluding steroid dienone is 1. The lowest BCUT2D eigenvalue weighted by atomic mass is 10.2. The molecule has 1 aromatic carbocycles. The molecule has 0 saturated heterocycles. The molecule has 0 aliphatic heterocycles. The van der Waals surface area contributed by atoms with Crippen molar-refractivity contribution in [3.05, 3.63) is 54.8 Å². The molecule has 0 amide bonds. The molecule has 20 heavy (non-hydrogen) atoms. The summed E-state index contributed by atoms with van der Waals surface area (Å²) in [7, 11) is 0. The Morgan fingerprint density at radius 1 is 1.15 bits per heavy atom. The third kappa shape index (κ3) is 6.06. The number of carboxylic acids is 1. The van der Waals surface area contributed by atoms with Crippen molar-refractivity contribution in [2.45, 2.75) is 0 Å². The zero-order valence-corrected chi connectivity index (χ0v) is 11.2. The standard InChI is InChI=1S/C15H18O5/c1-3-12(2)19-10-8-18-9-11-20-14-6-4-13(5-7-14)15(16)17/h3-7H,1-2,8-11H2,(H,16,17). The van der Waals surface area contributed by atoms with E-state index in [0.29, 0.717) is 37.9 Å². The van der Waals surface area contributed by atoms with Crippen LogP contribution in [-0.4, -0.2) is 37.5 Å². The summed E-state index contributed by atoms with van der Waals surface area (Å²) in [6.45, 7) is 8.78. The summed E-state index contributed by atoms with van der Waals surface area (Å²) >= 11 is 0. The van der Waals surface area contributed by atoms with Gasteiger partial charge in [0.2, 0.25) is 0 Å². The molecule has 0 unspecified atom stereocenters. The van der Waals surface area contributed by atoms with Crippen LogP contribution in [0.2, 0.25) is 0 Å². The van der Waals surface area contributed by atoms with Crippen LogP contribution < -0.4 is 4.74 Å². The average molecular weight is 278 g/mol. The van der Waals surface area contributed by atoms with E-state index in [0.717, 1.165) is 0 Å². The van der Waals surface area contributed by atoms with Gasteiger partial charge >= 0.3 is 5.97 Å². The maximum atomic E-state index is 10.7. The van der Waals surface area contributed by atoms with E-state index in [1.54, 1.807) is 12.1 Å². The number of rotatable bonds is 10. The first-order valence-electron chi connectivity index (χ1n) is 6.11. The Morgan fingerprint density at radius 2 is 1.80 bits per heavy atom. The molecular formula is C15H18O5. The van der Waals surface area contributed by atoms with Gasteiger partial charge in [0.1, 0.15) is 24.7 Å². The topological polar surface area (TPSA) is 65.0 Å². The highest BCUT2D eigenvalue weighted by Crippen LogP contribution is 2.11. The van der Waals surface area contributed by atoms with E-state index in [4.69, 9.17) is 19.3 Å². The smallest absolute Gasteiger partial charge is 0.335 e. The molecule has 0 aliphatic carbocycles. The van der Waals surface area contributed by atoms with Crippen LogP contribution in [0.4, 0.5) is 0 Å². The van der Waals surface area contributed by atoms with Gasteiger partial charge in [0, 0.05) is 0 Å². The van der Waals surface area contributed by atoms with Crippen molar-refractivity contribution in [2.75, 3.05) is 26.4 Å². The number of hydrogen-bond acceptors (Lipinski definition) is 4. The average Bonchev–Trinajstić information content (AvgIpc) is 2.46. The van der Waals surface area contributed by atoms with E-state index in [9.17, 15) is 4.79 Å². The molecule has 0 spiro atoms. The normalized spacial score (nSPS) is 9.80. The number of carbonyl (C=O) groups is 1. The van der Waals surface area contributed by atoms with E-state index >= 15 is 0 Å². The van der Waals surface area contributed by atoms with Crippen LogP contribution >= 0.6 is 0 Å². The molecule has 108 valence electrons. The molecule has 1 aromatic rings. The van der Waals surface area contributed by atoms with Gasteiger partial charge in [0.15, 0.2) is 0 Å². The fraction of sp³-hybridized carbons (Fsp3) is 0.267. The predicted octanol–water partition coefficient (Wildman–Crippen LogP) is 2.50. The number of hydrogen-bond donors (Lipinski definition) is 1. The first kappa shape index (κ1) is 15.8. The highest BCUT2D eigenvalue weighted by Gasteiger charge is 2.01. The summed E-state index contributed by atoms with van der Waals surface area (Å²) in [5.74, 6) is 0.166. The Morgan fingerprint density at radius 3 is 2.40 bits per heavy atom. The Balaban J connectivity index is 2.10. The van der Waals surface area contributed by atoms with Crippen LogP contribution in [-0.2, 0) is 9.47 Å². The van der Waals surface area contributed by atoms with Gasteiger partial charge in [0.05, 0.1) is 18.8 Å². The molecule has 0 aromatic heterocycles. The summed E-state index contributed by atoms with van der Waals surface area (Å²) < 4.78 is 15.8. The largest absolute Gasteiger partial charge is 0.492 e. The van der Waals surface area contributed by atoms with Crippen molar-refractivity contribution in [1.82, 2.24) is 0 Å². The molecular weight excluding hydrogens is 260 g/mol. The van der Waals surface area contributed by atoms with E-state index in [1.807, 2.05) is 0 Å². The lowest BCUT2D eigenvalue weighted by Gasteiger charge is -2.08. The third-order valence-electron chi connectivity index (χ3n) is 2.34. The number of aromatic carboxylic acids is 1. The highest BCUT2D eigenvalue weighted by molar-refractivity contribution is 5.87. The first-order valence-corrected chi connectivity index (χ1v) is 6.11. The molecule has 1 N–H and O–H groups in total. The molecule has 1 rings (SSSR count). The minimum Gasteiger partial charge on any atom is -0.492 e. The molecule has 5 heteroatoms. The zero-order valence-electron chi connectivity index (χ0n) is 11.2. The molecule has 5 nitrogen and oxygen atoms in total. The van der Waals surface area contributed by atoms with Gasteiger partial charge < -0.3 is 19.3 Å². The Hall–Kier alpha value is -2.27. The third-order valence-corrected chi connectivity index (χ3v) is 2.34. The molecule has 0 bridgehead atoms. The van der Waals surface area contributed by atoms with Crippen molar-refractivity contribution >= 4 is 5.97 Å². The van der Waals surface area contributed by atoms with Gasteiger partial charge in [-0.15, -0.1) is 0 Å². The fourth-order valence-electron chi connectivity index (χ4n) is 1.30. The quantitative estimate of drug-likeness (QED) is 0.404. The molecule has 0 atom stereocenters. The van der Waals surface area contributed by atoms with Crippen molar-refractivity contribution < 1.29 is 24.1 Å². The SMILES string of the molecule is C=CC(=C)OCCOCCOc1ccc(C(=O)O)cc1. The fourth-order valence-corrected chi connectivity index (χ4v) is 1.30. The van der Waals surface area contributed by atoms with E-state index in [-0.39, 0.29) is 5.56 Å². The molecule has 0 saturated carbocycles. The predicted molar refractivity (Wildman–Crippen MR) is 75.0 cm³/mol. The Labute approximate surface area is 118 Å². The van der Waals surface area contributed by atoms with Gasteiger partial charge in [-0.3, -0.25) is 0 Å². The summed E-state index contributed by atoms with van der Waals surface area (Å²) in [5, 5.41) is 8.74. The van der Waals surface area contributed by atoms with E-state index in [2.05, 4.69) is 13.2 Å². The van der Waals surface area contributed by atoms with Crippen LogP contribution in [0, 0.1) is 0 Å². The van der Waals surface area contributed by atoms with Gasteiger partial charge in [-0.2, -0.15) is 0 Å². The minimum atomic E-state index is -0.957. The Kier molecular flexibility index (Phi) is 6.92. The number of benzene rings is 1. The van der Waals surface area contributed by atoms with E-state index in [1.165, 1.54) is 18.2 Å². The molecule has 0 fully saturated rings. The van der Waals surface area contributed by atoms with Gasteiger partial charge in [-0.05, 0) is 30.3 Å². The number of carboxylic acid groups (broad SMARTS) is 1. The summed E-state index contributed by atoms with van der Waals surface area (Å²) in [6, 6.07) is 6.21. The van der Waals surface area contributed by atoms with Gasteiger partial charge in [0.25, 0.3) is 0 Å². The van der Waals surface area contributed by atoms with Crippen LogP contribution in [0.5, 0.6) is 5.75 Å². The lowest BCUT2D eigenvalue weighted by Crippen LogP contribution is -2.10. The molecule has 0 radical (unpaired) electrons. The van der Waals surface area contributed by atoms with Crippen LogP contribution in [0.15, 0.2) is 49.3 Å². The van der Waals surface area contributed by atoms with Gasteiger partial charge in [-0.25, -0.2) is 4.79 Å². The summed E-state index contributed by atoms with van der Waals surface area (Å²) in [4.78, 5) is 10.7. The highest BCUT2D eigenvalue weighted by atomic mass is 16.5. The van der Waals surface area contributed by atoms with Crippen molar-refractivity contribution in [3.8, 4) is 5.75 Å². The monoisotopic (exact) mass is 278 g/mol. The second-order valence-corrected chi connectivity index (χ2v) is 3.81. The Bertz CT molecular complexity index is 450. The summed E-state index contributed by atoms with van der Waals surface area (Å²) in [6.07, 6.45) is 1.53. The minimum absolute atomic E-state index is 0.230. The second kappa shape index (κ2) is 8.77. The molecule has 0 aliphatic rings. The maximum Gasteiger partial charge on any atom is 0.335 e. The van der Waals surface area contributed by atoms with E-state index < -0.39 is 5.97 Å².